The monoisotopic (exact) mass is 559 g/mol. The van der Waals surface area contributed by atoms with E-state index in [1.165, 1.54) is 11.1 Å². The second kappa shape index (κ2) is 15.1. The molecule has 182 valence electrons. The zero-order valence-corrected chi connectivity index (χ0v) is 22.3. The molecule has 2 atom stereocenters. The summed E-state index contributed by atoms with van der Waals surface area (Å²) >= 11 is 0. The average Bonchev–Trinajstić information content (AvgIpc) is 2.76. The Morgan fingerprint density at radius 2 is 1.72 bits per heavy atom. The van der Waals surface area contributed by atoms with E-state index in [0.717, 1.165) is 78.0 Å². The second-order valence-electron chi connectivity index (χ2n) is 8.65. The normalized spacial score (nSPS) is 22.9. The van der Waals surface area contributed by atoms with Gasteiger partial charge in [-0.1, -0.05) is 24.3 Å². The van der Waals surface area contributed by atoms with E-state index in [1.807, 2.05) is 0 Å². The van der Waals surface area contributed by atoms with Crippen LogP contribution in [0.25, 0.3) is 0 Å². The van der Waals surface area contributed by atoms with E-state index >= 15 is 0 Å². The van der Waals surface area contributed by atoms with Gasteiger partial charge < -0.3 is 20.1 Å². The number of halogens is 1. The van der Waals surface area contributed by atoms with Gasteiger partial charge in [-0.15, -0.1) is 24.0 Å². The minimum Gasteiger partial charge on any atom is -0.379 e. The van der Waals surface area contributed by atoms with E-state index in [2.05, 4.69) is 65.5 Å². The highest BCUT2D eigenvalue weighted by atomic mass is 127. The summed E-state index contributed by atoms with van der Waals surface area (Å²) in [6, 6.07) is 8.68. The summed E-state index contributed by atoms with van der Waals surface area (Å²) in [5, 5.41) is 6.88. The van der Waals surface area contributed by atoms with Gasteiger partial charge in [-0.25, -0.2) is 4.99 Å². The molecule has 2 unspecified atom stereocenters. The van der Waals surface area contributed by atoms with E-state index in [9.17, 15) is 0 Å². The van der Waals surface area contributed by atoms with Crippen LogP contribution in [0.4, 0.5) is 0 Å². The number of ether oxygens (including phenoxy) is 2. The lowest BCUT2D eigenvalue weighted by Gasteiger charge is -2.35. The summed E-state index contributed by atoms with van der Waals surface area (Å²) in [5.74, 6) is 0.896. The molecule has 0 aliphatic carbocycles. The number of guanidine groups is 1. The molecule has 2 N–H and O–H groups in total. The largest absolute Gasteiger partial charge is 0.379 e. The van der Waals surface area contributed by atoms with Gasteiger partial charge in [0.15, 0.2) is 5.96 Å². The maximum atomic E-state index is 5.89. The van der Waals surface area contributed by atoms with Gasteiger partial charge in [-0.2, -0.15) is 0 Å². The van der Waals surface area contributed by atoms with Crippen LogP contribution in [0.15, 0.2) is 29.3 Å². The van der Waals surface area contributed by atoms with Gasteiger partial charge in [0.05, 0.1) is 32.0 Å². The van der Waals surface area contributed by atoms with Crippen molar-refractivity contribution >= 4 is 29.9 Å². The molecular weight excluding hydrogens is 517 g/mol. The quantitative estimate of drug-likeness (QED) is 0.210. The summed E-state index contributed by atoms with van der Waals surface area (Å²) in [5.41, 5.74) is 2.65. The molecule has 0 amide bonds. The topological polar surface area (TPSA) is 61.4 Å². The minimum atomic E-state index is 0. The second-order valence-corrected chi connectivity index (χ2v) is 8.65. The summed E-state index contributed by atoms with van der Waals surface area (Å²) < 4.78 is 11.3. The fraction of sp³-hybridized carbons (Fsp3) is 0.708. The number of hydrogen-bond donors (Lipinski definition) is 2. The number of nitrogens with one attached hydrogen (secondary N) is 2. The van der Waals surface area contributed by atoms with Crippen LogP contribution in [0.2, 0.25) is 0 Å². The fourth-order valence-electron chi connectivity index (χ4n) is 4.36. The average molecular weight is 560 g/mol. The van der Waals surface area contributed by atoms with Crippen molar-refractivity contribution in [3.63, 3.8) is 0 Å². The van der Waals surface area contributed by atoms with Gasteiger partial charge >= 0.3 is 0 Å². The Morgan fingerprint density at radius 3 is 2.41 bits per heavy atom. The first kappa shape index (κ1) is 27.3. The van der Waals surface area contributed by atoms with Crippen LogP contribution in [-0.4, -0.2) is 87.0 Å². The minimum absolute atomic E-state index is 0. The molecule has 2 fully saturated rings. The van der Waals surface area contributed by atoms with Crippen molar-refractivity contribution < 1.29 is 9.47 Å². The van der Waals surface area contributed by atoms with Gasteiger partial charge in [0.25, 0.3) is 0 Å². The molecular formula is C24H42IN5O2. The zero-order chi connectivity index (χ0) is 21.9. The lowest BCUT2D eigenvalue weighted by atomic mass is 10.1. The molecule has 0 bridgehead atoms. The van der Waals surface area contributed by atoms with Gasteiger partial charge in [-0.3, -0.25) is 9.80 Å². The van der Waals surface area contributed by atoms with Crippen molar-refractivity contribution in [2.24, 2.45) is 4.99 Å². The number of nitrogens with zero attached hydrogens (tertiary/aromatic N) is 3. The maximum absolute atomic E-state index is 5.89. The highest BCUT2D eigenvalue weighted by molar-refractivity contribution is 14.0. The van der Waals surface area contributed by atoms with Crippen molar-refractivity contribution in [1.82, 2.24) is 20.4 Å². The first-order chi connectivity index (χ1) is 15.1. The first-order valence-corrected chi connectivity index (χ1v) is 11.9. The predicted molar refractivity (Wildman–Crippen MR) is 142 cm³/mol. The van der Waals surface area contributed by atoms with E-state index in [4.69, 9.17) is 14.5 Å². The Kier molecular flexibility index (Phi) is 12.8. The van der Waals surface area contributed by atoms with Crippen LogP contribution >= 0.6 is 24.0 Å². The molecule has 0 spiro atoms. The Hall–Kier alpha value is -0.940. The summed E-state index contributed by atoms with van der Waals surface area (Å²) in [6.45, 7) is 16.7. The zero-order valence-electron chi connectivity index (χ0n) is 20.0. The van der Waals surface area contributed by atoms with Gasteiger partial charge in [0.2, 0.25) is 0 Å². The Bertz CT molecular complexity index is 674. The first-order valence-electron chi connectivity index (χ1n) is 11.9. The van der Waals surface area contributed by atoms with E-state index in [0.29, 0.717) is 6.54 Å². The van der Waals surface area contributed by atoms with Crippen LogP contribution in [0.1, 0.15) is 38.3 Å². The van der Waals surface area contributed by atoms with Gasteiger partial charge in [0, 0.05) is 45.8 Å². The molecule has 1 aromatic carbocycles. The summed E-state index contributed by atoms with van der Waals surface area (Å²) in [6.07, 6.45) is 1.68. The molecule has 1 aromatic rings. The number of benzene rings is 1. The van der Waals surface area contributed by atoms with Gasteiger partial charge in [-0.05, 0) is 44.9 Å². The van der Waals surface area contributed by atoms with E-state index in [-0.39, 0.29) is 36.2 Å². The third kappa shape index (κ3) is 9.51. The molecule has 3 rings (SSSR count). The Balaban J connectivity index is 0.00000363. The van der Waals surface area contributed by atoms with Gasteiger partial charge in [0.1, 0.15) is 0 Å². The van der Waals surface area contributed by atoms with Crippen molar-refractivity contribution in [2.75, 3.05) is 59.0 Å². The van der Waals surface area contributed by atoms with Crippen molar-refractivity contribution in [3.8, 4) is 0 Å². The number of morpholine rings is 2. The molecule has 2 heterocycles. The molecule has 0 saturated carbocycles. The van der Waals surface area contributed by atoms with Crippen molar-refractivity contribution in [3.05, 3.63) is 35.4 Å². The number of hydrogen-bond acceptors (Lipinski definition) is 5. The van der Waals surface area contributed by atoms with Crippen molar-refractivity contribution in [2.45, 2.75) is 52.5 Å². The Morgan fingerprint density at radius 1 is 1.03 bits per heavy atom. The highest BCUT2D eigenvalue weighted by Crippen LogP contribution is 2.17. The molecule has 0 radical (unpaired) electrons. The van der Waals surface area contributed by atoms with Crippen molar-refractivity contribution in [1.29, 1.82) is 0 Å². The number of aliphatic imine (C=N–C) groups is 1. The molecule has 32 heavy (non-hydrogen) atoms. The third-order valence-corrected chi connectivity index (χ3v) is 5.81. The van der Waals surface area contributed by atoms with E-state index < -0.39 is 0 Å². The standard InChI is InChI=1S/C24H41N5O2.HI/c1-4-25-24(26-10-7-11-28-12-14-30-15-13-28)27-16-22-8-5-6-9-23(22)19-29-17-20(2)31-21(3)18-29;/h5-6,8-9,20-21H,4,7,10-19H2,1-3H3,(H2,25,26,27);1H. The van der Waals surface area contributed by atoms with Crippen LogP contribution in [0.3, 0.4) is 0 Å². The Labute approximate surface area is 211 Å². The third-order valence-electron chi connectivity index (χ3n) is 5.81. The predicted octanol–water partition coefficient (Wildman–Crippen LogP) is 2.69. The summed E-state index contributed by atoms with van der Waals surface area (Å²) in [4.78, 5) is 9.84. The maximum Gasteiger partial charge on any atom is 0.191 e. The fourth-order valence-corrected chi connectivity index (χ4v) is 4.36. The lowest BCUT2D eigenvalue weighted by Crippen LogP contribution is -2.44. The van der Waals surface area contributed by atoms with Crippen LogP contribution < -0.4 is 10.6 Å². The lowest BCUT2D eigenvalue weighted by molar-refractivity contribution is -0.0705. The van der Waals surface area contributed by atoms with Crippen LogP contribution in [-0.2, 0) is 22.6 Å². The SMILES string of the molecule is CCNC(=NCc1ccccc1CN1CC(C)OC(C)C1)NCCCN1CCOCC1.I. The smallest absolute Gasteiger partial charge is 0.191 e. The molecule has 8 heteroatoms. The van der Waals surface area contributed by atoms with Crippen LogP contribution in [0.5, 0.6) is 0 Å². The van der Waals surface area contributed by atoms with Crippen LogP contribution in [0, 0.1) is 0 Å². The molecule has 2 aliphatic heterocycles. The molecule has 2 aliphatic rings. The van der Waals surface area contributed by atoms with E-state index in [1.54, 1.807) is 0 Å². The summed E-state index contributed by atoms with van der Waals surface area (Å²) in [7, 11) is 0. The molecule has 7 nitrogen and oxygen atoms in total. The number of rotatable bonds is 9. The molecule has 2 saturated heterocycles. The highest BCUT2D eigenvalue weighted by Gasteiger charge is 2.22. The molecule has 0 aromatic heterocycles.